The van der Waals surface area contributed by atoms with Gasteiger partial charge in [0.25, 0.3) is 0 Å². The first-order valence-corrected chi connectivity index (χ1v) is 46.9. The number of hydrogen-bond donors (Lipinski definition) is 10. The molecule has 0 unspecified atom stereocenters. The number of likely N-dealkylation sites (N-methyl/N-ethyl adjacent to an activating group) is 1. The second kappa shape index (κ2) is 67.3. The van der Waals surface area contributed by atoms with Gasteiger partial charge in [-0.2, -0.15) is 0 Å². The van der Waals surface area contributed by atoms with Crippen LogP contribution in [0.15, 0.2) is 212 Å². The molecule has 2 saturated heterocycles. The van der Waals surface area contributed by atoms with Crippen molar-refractivity contribution in [2.75, 3.05) is 139 Å². The van der Waals surface area contributed by atoms with Crippen LogP contribution in [-0.4, -0.2) is 215 Å². The van der Waals surface area contributed by atoms with E-state index < -0.39 is 33.4 Å². The lowest BCUT2D eigenvalue weighted by atomic mass is 10.1. The van der Waals surface area contributed by atoms with E-state index in [4.69, 9.17) is 69.2 Å². The number of ether oxygens (including phenoxy) is 5. The molecule has 740 valence electrons. The normalized spacial score (nSPS) is 12.9. The van der Waals surface area contributed by atoms with Crippen LogP contribution in [0.25, 0.3) is 10.9 Å². The molecular formula is C97H131Br4F8N19O7. The maximum atomic E-state index is 12.2. The topological polar surface area (TPSA) is 385 Å². The summed E-state index contributed by atoms with van der Waals surface area (Å²) in [6.45, 7) is 18.2. The third kappa shape index (κ3) is 47.4. The molecule has 0 radical (unpaired) electrons. The van der Waals surface area contributed by atoms with E-state index in [0.717, 1.165) is 144 Å². The van der Waals surface area contributed by atoms with Crippen LogP contribution in [0, 0.1) is 5.41 Å². The summed E-state index contributed by atoms with van der Waals surface area (Å²) in [5.74, 6) is 5.77. The van der Waals surface area contributed by atoms with Crippen LogP contribution in [0.4, 0.5) is 35.1 Å². The highest BCUT2D eigenvalue weighted by atomic mass is 79.9. The number of fused-ring (bicyclic) bond motifs is 1. The van der Waals surface area contributed by atoms with Crippen LogP contribution in [0.1, 0.15) is 110 Å². The lowest BCUT2D eigenvalue weighted by Crippen LogP contribution is -2.49. The van der Waals surface area contributed by atoms with Crippen LogP contribution in [0.2, 0.25) is 0 Å². The second-order valence-electron chi connectivity index (χ2n) is 30.3. The number of piperazine rings is 1. The predicted molar refractivity (Wildman–Crippen MR) is 546 cm³/mol. The molecule has 0 saturated carbocycles. The molecule has 1 aromatic heterocycles. The Balaban J connectivity index is 0.000000324. The first-order valence-electron chi connectivity index (χ1n) is 43.7. The number of phenols is 2. The van der Waals surface area contributed by atoms with Gasteiger partial charge in [0.15, 0.2) is 46.4 Å². The number of hydrogen-bond acceptors (Lipinski definition) is 16. The molecule has 11 rings (SSSR count). The van der Waals surface area contributed by atoms with Gasteiger partial charge in [0.05, 0.1) is 92.8 Å². The predicted octanol–water partition coefficient (Wildman–Crippen LogP) is 18.4. The Hall–Kier alpha value is -10.9. The van der Waals surface area contributed by atoms with Crippen molar-refractivity contribution in [3.8, 4) is 40.2 Å². The number of nitrogens with one attached hydrogen (secondary N) is 1. The van der Waals surface area contributed by atoms with Crippen molar-refractivity contribution in [3.63, 3.8) is 0 Å². The van der Waals surface area contributed by atoms with E-state index in [9.17, 15) is 45.3 Å². The highest BCUT2D eigenvalue weighted by molar-refractivity contribution is 9.11. The number of nitrogens with zero attached hydrogens (tertiary/aromatic N) is 11. The van der Waals surface area contributed by atoms with Crippen molar-refractivity contribution in [3.05, 3.63) is 237 Å². The number of rotatable bonds is 39. The van der Waals surface area contributed by atoms with E-state index in [1.807, 2.05) is 102 Å². The summed E-state index contributed by atoms with van der Waals surface area (Å²) in [4.78, 5) is 33.5. The molecule has 8 aromatic carbocycles. The van der Waals surface area contributed by atoms with Gasteiger partial charge in [0, 0.05) is 90.5 Å². The summed E-state index contributed by atoms with van der Waals surface area (Å²) < 4.78 is 128. The Morgan fingerprint density at radius 2 is 0.837 bits per heavy atom. The zero-order chi connectivity index (χ0) is 99.4. The summed E-state index contributed by atoms with van der Waals surface area (Å²) in [6.07, 6.45) is 4.78. The van der Waals surface area contributed by atoms with Gasteiger partial charge in [-0.1, -0.05) is 121 Å². The van der Waals surface area contributed by atoms with Crippen LogP contribution in [0.3, 0.4) is 0 Å². The Bertz CT molecular complexity index is 5080. The zero-order valence-electron chi connectivity index (χ0n) is 77.9. The lowest BCUT2D eigenvalue weighted by molar-refractivity contribution is 0.213. The molecule has 2 fully saturated rings. The number of nitrogens with two attached hydrogens (primary N) is 7. The minimum atomic E-state index is -0.604. The SMILES string of the molecule is CC(N)=NCc1ccc(CCCF)c(Br)c1.CC(N)=NCc1ccc(CCF)c(Br)c1.CC(N)=NCc1ccc(O)c(OCCF)c1.CC(N)=NCc1ccc(OCCF)c(O)c1.CC(N)=NCc1ccc(OCCF)c(OCCF)c1.CCCN1CCN(Cc2cccc(Br)c2)C1=N.CN1CCN(C(N)=NCc2ccc(OCCF)c(Br)c2)CC1.NCc1ccc2c(ccn2CCF)c1. The Morgan fingerprint density at radius 1 is 0.400 bits per heavy atom. The zero-order valence-corrected chi connectivity index (χ0v) is 84.2. The number of guanidine groups is 2. The van der Waals surface area contributed by atoms with Crippen LogP contribution < -0.4 is 63.8 Å². The number of amidine groups is 5. The molecule has 2 aliphatic rings. The van der Waals surface area contributed by atoms with Crippen LogP contribution in [0.5, 0.6) is 40.2 Å². The molecule has 3 heterocycles. The summed E-state index contributed by atoms with van der Waals surface area (Å²) in [5.41, 5.74) is 50.0. The molecule has 0 spiro atoms. The third-order valence-electron chi connectivity index (χ3n) is 19.1. The Labute approximate surface area is 822 Å². The van der Waals surface area contributed by atoms with Gasteiger partial charge in [-0.15, -0.1) is 0 Å². The van der Waals surface area contributed by atoms with E-state index in [2.05, 4.69) is 139 Å². The summed E-state index contributed by atoms with van der Waals surface area (Å²) >= 11 is 13.8. The average Bonchev–Trinajstić information content (AvgIpc) is 1.69. The maximum Gasteiger partial charge on any atom is 0.194 e. The minimum Gasteiger partial charge on any atom is -0.504 e. The fraction of sp³-hybridized carbons (Fsp3) is 0.412. The van der Waals surface area contributed by atoms with Crippen molar-refractivity contribution in [1.82, 2.24) is 24.2 Å². The number of benzene rings is 8. The molecular weight excluding hydrogens is 2010 g/mol. The molecule has 0 amide bonds. The van der Waals surface area contributed by atoms with Crippen molar-refractivity contribution in [1.29, 1.82) is 5.41 Å². The standard InChI is InChI=1S/C15H22BrFN4O.C13H18BrN3.C13H18F2N2O2.C12H16BrFN2.C11H14BrFN2.2C11H15FN2O2.C11H13FN2/c1-20-5-7-21(8-6-20)15(18)19-11-12-2-3-14(13(16)10-12)22-9-4-17;1-2-6-16-7-8-17(13(16)15)10-11-4-3-5-12(14)9-11;1-10(16)17-9-11-2-3-12(18-6-4-14)13(8-11)19-7-5-15;1-9(15)16-8-10-4-5-11(3-2-6-14)12(13)7-10;1-8(14)15-7-9-2-3-10(4-5-13)11(12)6-9;1-8(13)14-7-9-2-3-11(10(15)6-9)16-5-4-12;1-8(13)14-7-9-2-3-10(15)11(6-9)16-5-4-12;12-4-6-14-5-3-10-7-9(8-13)1-2-11(10)14/h2-3,10H,4-9,11H2,1H3,(H2,18,19);3-5,9,15H,2,6-8,10H2,1H3;2-3,8H,4-7,9H2,1H3,(H2,16,17);4-5,7H,2-3,6,8H2,1H3,(H2,15,16);2-3,6H,4-5,7H2,1H3,(H2,14,15);2*2-3,6,15H,4-5,7H2,1H3,(H2,13,14);1-3,5,7H,4,6,8,13H2. The van der Waals surface area contributed by atoms with E-state index in [-0.39, 0.29) is 76.1 Å². The van der Waals surface area contributed by atoms with Gasteiger partial charge in [-0.25, -0.2) is 31.3 Å². The van der Waals surface area contributed by atoms with E-state index in [1.54, 1.807) is 77.1 Å². The maximum absolute atomic E-state index is 12.2. The van der Waals surface area contributed by atoms with Crippen molar-refractivity contribution in [2.24, 2.45) is 70.1 Å². The van der Waals surface area contributed by atoms with Gasteiger partial charge >= 0.3 is 0 Å². The average molecular weight is 2150 g/mol. The molecule has 17 N–H and O–H groups in total. The van der Waals surface area contributed by atoms with Gasteiger partial charge in [-0.05, 0) is 229 Å². The molecule has 0 atom stereocenters. The Morgan fingerprint density at radius 3 is 1.31 bits per heavy atom. The molecule has 26 nitrogen and oxygen atoms in total. The van der Waals surface area contributed by atoms with Gasteiger partial charge in [-0.3, -0.25) is 39.2 Å². The number of alkyl halides is 8. The number of aromatic hydroxyl groups is 2. The summed E-state index contributed by atoms with van der Waals surface area (Å²) in [6, 6.07) is 48.6. The smallest absolute Gasteiger partial charge is 0.194 e. The van der Waals surface area contributed by atoms with Crippen molar-refractivity contribution < 1.29 is 69.0 Å². The quantitative estimate of drug-likeness (QED) is 0.00972. The molecule has 0 aliphatic carbocycles. The number of phenolic OH excluding ortho intramolecular Hbond substituents is 2. The number of aromatic nitrogens is 1. The highest BCUT2D eigenvalue weighted by Gasteiger charge is 2.24. The van der Waals surface area contributed by atoms with E-state index >= 15 is 0 Å². The minimum absolute atomic E-state index is 0.00866. The van der Waals surface area contributed by atoms with Gasteiger partial charge in [0.2, 0.25) is 0 Å². The molecule has 38 heteroatoms. The van der Waals surface area contributed by atoms with Crippen LogP contribution in [-0.2, 0) is 71.7 Å². The van der Waals surface area contributed by atoms with Crippen molar-refractivity contribution >= 4 is 116 Å². The van der Waals surface area contributed by atoms with Gasteiger partial charge in [0.1, 0.15) is 78.8 Å². The molecule has 0 bridgehead atoms. The van der Waals surface area contributed by atoms with Gasteiger partial charge < -0.3 is 98.2 Å². The highest BCUT2D eigenvalue weighted by Crippen LogP contribution is 2.32. The second-order valence-corrected chi connectivity index (χ2v) is 33.8. The number of halogens is 12. The van der Waals surface area contributed by atoms with Crippen molar-refractivity contribution in [2.45, 2.75) is 126 Å². The fourth-order valence-corrected chi connectivity index (χ4v) is 14.5. The van der Waals surface area contributed by atoms with Crippen LogP contribution >= 0.6 is 63.7 Å². The summed E-state index contributed by atoms with van der Waals surface area (Å²) in [7, 11) is 2.11. The van der Waals surface area contributed by atoms with E-state index in [1.165, 1.54) is 17.7 Å². The molecule has 9 aromatic rings. The molecule has 2 aliphatic heterocycles. The summed E-state index contributed by atoms with van der Waals surface area (Å²) in [5, 5.41) is 28.2. The van der Waals surface area contributed by atoms with E-state index in [0.29, 0.717) is 124 Å². The molecule has 135 heavy (non-hydrogen) atoms. The fourth-order valence-electron chi connectivity index (χ4n) is 12.3. The third-order valence-corrected chi connectivity index (χ3v) is 21.7. The number of aliphatic imine (C=N–C) groups is 6. The lowest BCUT2D eigenvalue weighted by Gasteiger charge is -2.33. The largest absolute Gasteiger partial charge is 0.504 e. The Kier molecular flexibility index (Phi) is 58.0. The monoisotopic (exact) mass is 2140 g/mol. The number of aryl methyl sites for hydroxylation is 3. The first kappa shape index (κ1) is 116. The first-order chi connectivity index (χ1) is 64.8.